The van der Waals surface area contributed by atoms with Gasteiger partial charge in [-0.1, -0.05) is 17.7 Å². The first-order valence-corrected chi connectivity index (χ1v) is 10.6. The molecule has 0 saturated heterocycles. The fourth-order valence-electron chi connectivity index (χ4n) is 3.06. The lowest BCUT2D eigenvalue weighted by atomic mass is 10.0. The van der Waals surface area contributed by atoms with E-state index in [0.29, 0.717) is 5.75 Å². The summed E-state index contributed by atoms with van der Waals surface area (Å²) in [5.74, 6) is 0.560. The van der Waals surface area contributed by atoms with Gasteiger partial charge in [-0.25, -0.2) is 0 Å². The summed E-state index contributed by atoms with van der Waals surface area (Å²) in [5.41, 5.74) is 1.03. The van der Waals surface area contributed by atoms with Crippen molar-refractivity contribution in [1.82, 2.24) is 4.90 Å². The summed E-state index contributed by atoms with van der Waals surface area (Å²) >= 11 is 0. The van der Waals surface area contributed by atoms with Crippen molar-refractivity contribution in [2.45, 2.75) is 55.8 Å². The van der Waals surface area contributed by atoms with Crippen LogP contribution in [0.2, 0.25) is 0 Å². The van der Waals surface area contributed by atoms with Gasteiger partial charge in [0.15, 0.2) is 0 Å². The lowest BCUT2D eigenvalue weighted by Crippen LogP contribution is -2.53. The van der Waals surface area contributed by atoms with E-state index in [9.17, 15) is 40.9 Å². The first kappa shape index (κ1) is 29.6. The normalized spacial score (nSPS) is 19.4. The number of aliphatic hydroxyl groups excluding tert-OH is 10. The molecule has 8 atom stereocenters. The predicted octanol–water partition coefficient (Wildman–Crippen LogP) is -4.45. The number of hydrogen-bond donors (Lipinski definition) is 10. The van der Waals surface area contributed by atoms with Crippen molar-refractivity contribution < 1.29 is 55.8 Å². The summed E-state index contributed by atoms with van der Waals surface area (Å²) in [6.45, 7) is -0.331. The van der Waals surface area contributed by atoms with E-state index in [1.54, 1.807) is 12.1 Å². The molecule has 0 amide bonds. The molecule has 1 aromatic rings. The molecule has 12 heteroatoms. The van der Waals surface area contributed by atoms with Crippen molar-refractivity contribution in [3.05, 3.63) is 29.8 Å². The second-order valence-electron chi connectivity index (χ2n) is 8.02. The van der Waals surface area contributed by atoms with E-state index >= 15 is 0 Å². The molecule has 0 aliphatic heterocycles. The van der Waals surface area contributed by atoms with E-state index in [2.05, 4.69) is 0 Å². The van der Waals surface area contributed by atoms with Gasteiger partial charge < -0.3 is 55.8 Å². The molecule has 0 spiro atoms. The van der Waals surface area contributed by atoms with E-state index in [1.807, 2.05) is 19.1 Å². The maximum Gasteiger partial charge on any atom is 0.119 e. The molecule has 10 N–H and O–H groups in total. The van der Waals surface area contributed by atoms with Crippen LogP contribution < -0.4 is 4.74 Å². The van der Waals surface area contributed by atoms with Crippen molar-refractivity contribution in [3.8, 4) is 5.75 Å². The molecular weight excluding hydrogens is 442 g/mol. The zero-order chi connectivity index (χ0) is 25.1. The summed E-state index contributed by atoms with van der Waals surface area (Å²) in [6.07, 6.45) is -14.0. The second-order valence-corrected chi connectivity index (χ2v) is 8.02. The standard InChI is InChI=1S/C21H37NO11/c1-12-2-4-13(5-3-12)33-7-6-22(8-14(25)18(29)20(31)16(27)10-23)9-15(26)19(30)21(32)17(28)11-24/h2-5,14-21,23-32H,6-11H2,1H3/t14-,15-,16+,17+,18+,19+,20+,21+/m0/s1. The average Bonchev–Trinajstić information content (AvgIpc) is 2.81. The predicted molar refractivity (Wildman–Crippen MR) is 115 cm³/mol. The number of nitrogens with zero attached hydrogens (tertiary/aromatic N) is 1. The molecule has 0 saturated carbocycles. The van der Waals surface area contributed by atoms with Gasteiger partial charge in [-0.15, -0.1) is 0 Å². The molecule has 0 aromatic heterocycles. The van der Waals surface area contributed by atoms with Gasteiger partial charge in [-0.3, -0.25) is 4.90 Å². The highest BCUT2D eigenvalue weighted by Gasteiger charge is 2.34. The number of aryl methyl sites for hydroxylation is 1. The van der Waals surface area contributed by atoms with Gasteiger partial charge in [0.25, 0.3) is 0 Å². The van der Waals surface area contributed by atoms with Gasteiger partial charge in [0.1, 0.15) is 49.0 Å². The lowest BCUT2D eigenvalue weighted by Gasteiger charge is -2.33. The molecule has 33 heavy (non-hydrogen) atoms. The zero-order valence-electron chi connectivity index (χ0n) is 18.5. The van der Waals surface area contributed by atoms with Crippen LogP contribution in [0.25, 0.3) is 0 Å². The number of aliphatic hydroxyl groups is 10. The maximum atomic E-state index is 10.3. The van der Waals surface area contributed by atoms with Crippen LogP contribution in [0, 0.1) is 6.92 Å². The molecule has 12 nitrogen and oxygen atoms in total. The zero-order valence-corrected chi connectivity index (χ0v) is 18.5. The first-order chi connectivity index (χ1) is 15.5. The summed E-state index contributed by atoms with van der Waals surface area (Å²) in [4.78, 5) is 1.37. The van der Waals surface area contributed by atoms with Crippen molar-refractivity contribution in [3.63, 3.8) is 0 Å². The van der Waals surface area contributed by atoms with Gasteiger partial charge in [0, 0.05) is 19.6 Å². The largest absolute Gasteiger partial charge is 0.492 e. The number of ether oxygens (including phenoxy) is 1. The Morgan fingerprint density at radius 1 is 0.667 bits per heavy atom. The van der Waals surface area contributed by atoms with Crippen LogP contribution in [0.3, 0.4) is 0 Å². The fourth-order valence-corrected chi connectivity index (χ4v) is 3.06. The Hall–Kier alpha value is -1.42. The van der Waals surface area contributed by atoms with Crippen molar-refractivity contribution in [2.75, 3.05) is 39.5 Å². The molecule has 0 fully saturated rings. The minimum Gasteiger partial charge on any atom is -0.492 e. The van der Waals surface area contributed by atoms with Crippen molar-refractivity contribution in [2.24, 2.45) is 0 Å². The third-order valence-corrected chi connectivity index (χ3v) is 5.24. The molecule has 192 valence electrons. The van der Waals surface area contributed by atoms with E-state index in [4.69, 9.17) is 14.9 Å². The highest BCUT2D eigenvalue weighted by Crippen LogP contribution is 2.13. The highest BCUT2D eigenvalue weighted by atomic mass is 16.5. The Kier molecular flexibility index (Phi) is 13.2. The smallest absolute Gasteiger partial charge is 0.119 e. The Labute approximate surface area is 192 Å². The molecule has 0 bridgehead atoms. The Bertz CT molecular complexity index is 620. The van der Waals surface area contributed by atoms with Crippen LogP contribution in [-0.4, -0.2) is 144 Å². The van der Waals surface area contributed by atoms with E-state index in [0.717, 1.165) is 5.56 Å². The van der Waals surface area contributed by atoms with Crippen LogP contribution in [0.15, 0.2) is 24.3 Å². The van der Waals surface area contributed by atoms with Crippen LogP contribution in [0.4, 0.5) is 0 Å². The minimum absolute atomic E-state index is 0.0678. The fraction of sp³-hybridized carbons (Fsp3) is 0.714. The van der Waals surface area contributed by atoms with Gasteiger partial charge in [0.2, 0.25) is 0 Å². The van der Waals surface area contributed by atoms with Gasteiger partial charge in [-0.2, -0.15) is 0 Å². The number of benzene rings is 1. The van der Waals surface area contributed by atoms with Gasteiger partial charge >= 0.3 is 0 Å². The Morgan fingerprint density at radius 2 is 1.06 bits per heavy atom. The van der Waals surface area contributed by atoms with E-state index < -0.39 is 62.0 Å². The highest BCUT2D eigenvalue weighted by molar-refractivity contribution is 5.26. The maximum absolute atomic E-state index is 10.3. The van der Waals surface area contributed by atoms with Gasteiger partial charge in [-0.05, 0) is 19.1 Å². The first-order valence-electron chi connectivity index (χ1n) is 10.6. The van der Waals surface area contributed by atoms with Crippen LogP contribution in [0.1, 0.15) is 5.56 Å². The topological polar surface area (TPSA) is 215 Å². The summed E-state index contributed by atoms with van der Waals surface area (Å²) in [5, 5.41) is 97.1. The summed E-state index contributed by atoms with van der Waals surface area (Å²) < 4.78 is 5.61. The number of rotatable bonds is 16. The molecule has 0 aliphatic carbocycles. The Balaban J connectivity index is 2.82. The van der Waals surface area contributed by atoms with Crippen LogP contribution in [0.5, 0.6) is 5.75 Å². The summed E-state index contributed by atoms with van der Waals surface area (Å²) in [6, 6.07) is 7.18. The third kappa shape index (κ3) is 9.76. The van der Waals surface area contributed by atoms with Crippen LogP contribution >= 0.6 is 0 Å². The average molecular weight is 480 g/mol. The number of hydrogen-bond acceptors (Lipinski definition) is 12. The molecule has 0 aliphatic rings. The Morgan fingerprint density at radius 3 is 1.45 bits per heavy atom. The summed E-state index contributed by atoms with van der Waals surface area (Å²) in [7, 11) is 0. The molecule has 1 aromatic carbocycles. The lowest BCUT2D eigenvalue weighted by molar-refractivity contribution is -0.130. The second kappa shape index (κ2) is 14.8. The molecule has 0 radical (unpaired) electrons. The van der Waals surface area contributed by atoms with Crippen LogP contribution in [-0.2, 0) is 0 Å². The van der Waals surface area contributed by atoms with Gasteiger partial charge in [0.05, 0.1) is 25.4 Å². The molecule has 0 heterocycles. The van der Waals surface area contributed by atoms with Crippen molar-refractivity contribution >= 4 is 0 Å². The molecule has 1 rings (SSSR count). The molecular formula is C21H37NO11. The SMILES string of the molecule is Cc1ccc(OCCN(C[C@H](O)[C@@H](O)[C@H](O)[C@H](O)CO)C[C@H](O)[C@@H](O)[C@H](O)[C@H](O)CO)cc1. The molecule has 0 unspecified atom stereocenters. The monoisotopic (exact) mass is 479 g/mol. The van der Waals surface area contributed by atoms with E-state index in [1.165, 1.54) is 4.90 Å². The third-order valence-electron chi connectivity index (χ3n) is 5.24. The van der Waals surface area contributed by atoms with E-state index in [-0.39, 0.29) is 26.2 Å². The van der Waals surface area contributed by atoms with Crippen molar-refractivity contribution in [1.29, 1.82) is 0 Å². The quantitative estimate of drug-likeness (QED) is 0.109. The minimum atomic E-state index is -1.84.